The Morgan fingerprint density at radius 1 is 1.35 bits per heavy atom. The van der Waals surface area contributed by atoms with Crippen molar-refractivity contribution in [1.82, 2.24) is 15.5 Å². The fourth-order valence-corrected chi connectivity index (χ4v) is 3.29. The summed E-state index contributed by atoms with van der Waals surface area (Å²) < 4.78 is 6.23. The van der Waals surface area contributed by atoms with Gasteiger partial charge in [-0.1, -0.05) is 18.2 Å². The molecule has 0 radical (unpaired) electrons. The van der Waals surface area contributed by atoms with Gasteiger partial charge < -0.3 is 20.3 Å². The number of rotatable bonds is 4. The Morgan fingerprint density at radius 2 is 2.15 bits per heavy atom. The van der Waals surface area contributed by atoms with Crippen LogP contribution in [-0.4, -0.2) is 54.4 Å². The van der Waals surface area contributed by atoms with Crippen LogP contribution in [0.4, 0.5) is 0 Å². The monoisotopic (exact) mass is 357 g/mol. The summed E-state index contributed by atoms with van der Waals surface area (Å²) in [5.41, 5.74) is -0.148. The summed E-state index contributed by atoms with van der Waals surface area (Å²) in [5.74, 6) is 0.0681. The number of carbonyl (C=O) groups excluding carboxylic acids is 3. The van der Waals surface area contributed by atoms with Gasteiger partial charge >= 0.3 is 0 Å². The van der Waals surface area contributed by atoms with Gasteiger partial charge in [-0.2, -0.15) is 0 Å². The first-order valence-electron chi connectivity index (χ1n) is 8.75. The fraction of sp³-hybridized carbons (Fsp3) is 0.421. The largest absolute Gasteiger partial charge is 0.485 e. The van der Waals surface area contributed by atoms with Crippen molar-refractivity contribution in [3.8, 4) is 5.75 Å². The molecule has 1 aromatic carbocycles. The van der Waals surface area contributed by atoms with Crippen LogP contribution >= 0.6 is 0 Å². The standard InChI is InChI=1S/C19H23N3O4/c1-2-10-20-16(23)12-22-11-9-19(8-7-17(22)24)13-21-18(25)14-5-3-4-6-15(14)26-19/h2-6H,1,7-13H2,(H,20,23)(H,21,25). The molecule has 7 nitrogen and oxygen atoms in total. The van der Waals surface area contributed by atoms with E-state index < -0.39 is 5.60 Å². The summed E-state index contributed by atoms with van der Waals surface area (Å²) in [6.45, 7) is 4.68. The number of benzene rings is 1. The molecule has 0 aromatic heterocycles. The summed E-state index contributed by atoms with van der Waals surface area (Å²) >= 11 is 0. The third-order valence-corrected chi connectivity index (χ3v) is 4.79. The lowest BCUT2D eigenvalue weighted by Gasteiger charge is -2.32. The van der Waals surface area contributed by atoms with Crippen molar-refractivity contribution in [3.05, 3.63) is 42.5 Å². The Kier molecular flexibility index (Phi) is 5.25. The van der Waals surface area contributed by atoms with Crippen LogP contribution in [0.15, 0.2) is 36.9 Å². The smallest absolute Gasteiger partial charge is 0.255 e. The van der Waals surface area contributed by atoms with Crippen LogP contribution in [0.1, 0.15) is 29.6 Å². The van der Waals surface area contributed by atoms with Crippen molar-refractivity contribution in [2.24, 2.45) is 0 Å². The van der Waals surface area contributed by atoms with Crippen LogP contribution < -0.4 is 15.4 Å². The number of hydrogen-bond acceptors (Lipinski definition) is 4. The average molecular weight is 357 g/mol. The molecule has 7 heteroatoms. The zero-order chi connectivity index (χ0) is 18.6. The van der Waals surface area contributed by atoms with Crippen molar-refractivity contribution in [3.63, 3.8) is 0 Å². The second kappa shape index (κ2) is 7.59. The first-order valence-corrected chi connectivity index (χ1v) is 8.75. The SMILES string of the molecule is C=CCNC(=O)CN1CCC2(CCC1=O)CNC(=O)c1ccccc1O2. The summed E-state index contributed by atoms with van der Waals surface area (Å²) in [5, 5.41) is 5.58. The predicted octanol–water partition coefficient (Wildman–Crippen LogP) is 0.862. The molecule has 2 aliphatic heterocycles. The summed E-state index contributed by atoms with van der Waals surface area (Å²) in [6.07, 6.45) is 2.90. The average Bonchev–Trinajstić information content (AvgIpc) is 2.88. The molecular formula is C19H23N3O4. The van der Waals surface area contributed by atoms with Crippen molar-refractivity contribution in [1.29, 1.82) is 0 Å². The lowest BCUT2D eigenvalue weighted by atomic mass is 9.94. The molecule has 1 unspecified atom stereocenters. The van der Waals surface area contributed by atoms with E-state index in [0.29, 0.717) is 43.8 Å². The highest BCUT2D eigenvalue weighted by Crippen LogP contribution is 2.33. The number of ether oxygens (including phenoxy) is 1. The molecular weight excluding hydrogens is 334 g/mol. The molecule has 2 heterocycles. The Hall–Kier alpha value is -2.83. The summed E-state index contributed by atoms with van der Waals surface area (Å²) in [6, 6.07) is 7.11. The van der Waals surface area contributed by atoms with E-state index in [1.54, 1.807) is 29.2 Å². The number of hydrogen-bond donors (Lipinski definition) is 2. The van der Waals surface area contributed by atoms with Gasteiger partial charge in [0.05, 0.1) is 18.7 Å². The normalized spacial score (nSPS) is 22.5. The van der Waals surface area contributed by atoms with Crippen LogP contribution in [0.25, 0.3) is 0 Å². The molecule has 0 saturated carbocycles. The Balaban J connectivity index is 1.73. The van der Waals surface area contributed by atoms with Gasteiger partial charge in [-0.05, 0) is 18.6 Å². The maximum atomic E-state index is 12.4. The molecule has 1 spiro atoms. The number of nitrogens with one attached hydrogen (secondary N) is 2. The van der Waals surface area contributed by atoms with Crippen LogP contribution in [0.3, 0.4) is 0 Å². The molecule has 138 valence electrons. The molecule has 0 aliphatic carbocycles. The highest BCUT2D eigenvalue weighted by Gasteiger charge is 2.40. The van der Waals surface area contributed by atoms with Crippen molar-refractivity contribution in [2.75, 3.05) is 26.2 Å². The zero-order valence-electron chi connectivity index (χ0n) is 14.6. The maximum absolute atomic E-state index is 12.4. The molecule has 2 aliphatic rings. The van der Waals surface area contributed by atoms with E-state index in [1.807, 2.05) is 6.07 Å². The van der Waals surface area contributed by atoms with Gasteiger partial charge in [-0.3, -0.25) is 14.4 Å². The van der Waals surface area contributed by atoms with E-state index >= 15 is 0 Å². The fourth-order valence-electron chi connectivity index (χ4n) is 3.29. The Bertz CT molecular complexity index is 733. The molecule has 2 N–H and O–H groups in total. The molecule has 1 atom stereocenters. The third kappa shape index (κ3) is 3.87. The molecule has 1 fully saturated rings. The summed E-state index contributed by atoms with van der Waals surface area (Å²) in [4.78, 5) is 38.2. The first kappa shape index (κ1) is 18.0. The highest BCUT2D eigenvalue weighted by molar-refractivity contribution is 5.97. The van der Waals surface area contributed by atoms with Gasteiger partial charge in [0.25, 0.3) is 5.91 Å². The Labute approximate surface area is 152 Å². The quantitative estimate of drug-likeness (QED) is 0.783. The molecule has 3 rings (SSSR count). The van der Waals surface area contributed by atoms with Gasteiger partial charge in [0.15, 0.2) is 0 Å². The Morgan fingerprint density at radius 3 is 2.96 bits per heavy atom. The summed E-state index contributed by atoms with van der Waals surface area (Å²) in [7, 11) is 0. The maximum Gasteiger partial charge on any atom is 0.255 e. The first-order chi connectivity index (χ1) is 12.5. The van der Waals surface area contributed by atoms with Crippen LogP contribution in [0, 0.1) is 0 Å². The van der Waals surface area contributed by atoms with Gasteiger partial charge in [-0.15, -0.1) is 6.58 Å². The van der Waals surface area contributed by atoms with E-state index in [2.05, 4.69) is 17.2 Å². The van der Waals surface area contributed by atoms with E-state index in [1.165, 1.54) is 0 Å². The molecule has 1 aromatic rings. The molecule has 0 bridgehead atoms. The minimum Gasteiger partial charge on any atom is -0.485 e. The van der Waals surface area contributed by atoms with Crippen molar-refractivity contribution < 1.29 is 19.1 Å². The van der Waals surface area contributed by atoms with E-state index in [4.69, 9.17) is 4.74 Å². The highest BCUT2D eigenvalue weighted by atomic mass is 16.5. The van der Waals surface area contributed by atoms with E-state index in [0.717, 1.165) is 0 Å². The molecule has 26 heavy (non-hydrogen) atoms. The lowest BCUT2D eigenvalue weighted by Crippen LogP contribution is -2.46. The van der Waals surface area contributed by atoms with Crippen LogP contribution in [0.5, 0.6) is 5.75 Å². The molecule has 3 amide bonds. The van der Waals surface area contributed by atoms with Gasteiger partial charge in [0, 0.05) is 25.9 Å². The minimum absolute atomic E-state index is 0.0195. The van der Waals surface area contributed by atoms with Crippen LogP contribution in [-0.2, 0) is 9.59 Å². The van der Waals surface area contributed by atoms with Gasteiger partial charge in [0.2, 0.25) is 11.8 Å². The van der Waals surface area contributed by atoms with Crippen molar-refractivity contribution in [2.45, 2.75) is 24.9 Å². The number of fused-ring (bicyclic) bond motifs is 1. The lowest BCUT2D eigenvalue weighted by molar-refractivity contribution is -0.135. The minimum atomic E-state index is -0.649. The van der Waals surface area contributed by atoms with E-state index in [-0.39, 0.29) is 30.7 Å². The molecule has 1 saturated heterocycles. The van der Waals surface area contributed by atoms with Gasteiger partial charge in [0.1, 0.15) is 11.4 Å². The number of amides is 3. The van der Waals surface area contributed by atoms with Gasteiger partial charge in [-0.25, -0.2) is 0 Å². The third-order valence-electron chi connectivity index (χ3n) is 4.79. The zero-order valence-corrected chi connectivity index (χ0v) is 14.6. The topological polar surface area (TPSA) is 87.7 Å². The van der Waals surface area contributed by atoms with Crippen molar-refractivity contribution >= 4 is 17.7 Å². The second-order valence-corrected chi connectivity index (χ2v) is 6.62. The second-order valence-electron chi connectivity index (χ2n) is 6.62. The number of para-hydroxylation sites is 1. The number of likely N-dealkylation sites (tertiary alicyclic amines) is 1. The van der Waals surface area contributed by atoms with E-state index in [9.17, 15) is 14.4 Å². The van der Waals surface area contributed by atoms with Crippen LogP contribution in [0.2, 0.25) is 0 Å². The number of carbonyl (C=O) groups is 3. The predicted molar refractivity (Wildman–Crippen MR) is 95.8 cm³/mol. The number of nitrogens with zero attached hydrogens (tertiary/aromatic N) is 1.